The molecular weight excluding hydrogens is 328 g/mol. The van der Waals surface area contributed by atoms with E-state index in [1.165, 1.54) is 0 Å². The Hall–Kier alpha value is -0.140. The van der Waals surface area contributed by atoms with Gasteiger partial charge in [0.2, 0.25) is 0 Å². The quantitative estimate of drug-likeness (QED) is 0.563. The number of rotatable bonds is 5. The minimum atomic E-state index is -0.624. The van der Waals surface area contributed by atoms with Crippen LogP contribution in [0.5, 0.6) is 0 Å². The van der Waals surface area contributed by atoms with Crippen LogP contribution in [0.3, 0.4) is 0 Å². The summed E-state index contributed by atoms with van der Waals surface area (Å²) in [5, 5.41) is 0.613. The minimum Gasteiger partial charge on any atom is -0.490 e. The van der Waals surface area contributed by atoms with Crippen molar-refractivity contribution in [3.63, 3.8) is 0 Å². The molecule has 0 N–H and O–H groups in total. The second-order valence-electron chi connectivity index (χ2n) is 5.37. The lowest BCUT2D eigenvalue weighted by Gasteiger charge is -2.45. The molecule has 2 aliphatic rings. The summed E-state index contributed by atoms with van der Waals surface area (Å²) in [6.45, 7) is 8.76. The Morgan fingerprint density at radius 1 is 1.50 bits per heavy atom. The van der Waals surface area contributed by atoms with Crippen molar-refractivity contribution in [3.05, 3.63) is 11.8 Å². The summed E-state index contributed by atoms with van der Waals surface area (Å²) in [6.07, 6.45) is 1.10. The third-order valence-electron chi connectivity index (χ3n) is 3.23. The Balaban J connectivity index is 2.09. The molecule has 116 valence electrons. The van der Waals surface area contributed by atoms with Crippen LogP contribution >= 0.6 is 15.9 Å². The highest BCUT2D eigenvalue weighted by molar-refractivity contribution is 9.09. The summed E-state index contributed by atoms with van der Waals surface area (Å²) in [5.74, 6) is 0.203. The second-order valence-corrected chi connectivity index (χ2v) is 6.01. The highest BCUT2D eigenvalue weighted by Gasteiger charge is 2.45. The zero-order valence-corrected chi connectivity index (χ0v) is 14.0. The van der Waals surface area contributed by atoms with Gasteiger partial charge in [0.15, 0.2) is 18.2 Å². The summed E-state index contributed by atoms with van der Waals surface area (Å²) in [7, 11) is 0. The molecule has 0 aromatic heterocycles. The molecule has 0 aromatic carbocycles. The highest BCUT2D eigenvalue weighted by Crippen LogP contribution is 2.32. The van der Waals surface area contributed by atoms with Crippen LogP contribution < -0.4 is 0 Å². The molecule has 0 saturated carbocycles. The monoisotopic (exact) mass is 350 g/mol. The van der Waals surface area contributed by atoms with Crippen molar-refractivity contribution in [1.29, 1.82) is 0 Å². The summed E-state index contributed by atoms with van der Waals surface area (Å²) in [4.78, 5) is 0. The van der Waals surface area contributed by atoms with Gasteiger partial charge in [-0.05, 0) is 33.8 Å². The SMILES string of the molecule is CCOC(CBr)O[C@@H]1C=C(C)O[C@@H]2COC(C)(C)O[C@@H]12. The molecule has 1 saturated heterocycles. The van der Waals surface area contributed by atoms with Crippen LogP contribution in [-0.2, 0) is 23.7 Å². The average Bonchev–Trinajstić information content (AvgIpc) is 2.38. The van der Waals surface area contributed by atoms with Crippen molar-refractivity contribution in [2.75, 3.05) is 18.5 Å². The molecule has 4 atom stereocenters. The van der Waals surface area contributed by atoms with E-state index in [4.69, 9.17) is 23.7 Å². The van der Waals surface area contributed by atoms with Gasteiger partial charge in [0, 0.05) is 6.61 Å². The van der Waals surface area contributed by atoms with Gasteiger partial charge in [0.05, 0.1) is 17.7 Å². The molecule has 0 spiro atoms. The van der Waals surface area contributed by atoms with Gasteiger partial charge in [-0.1, -0.05) is 15.9 Å². The molecular formula is C14H23BrO5. The van der Waals surface area contributed by atoms with E-state index in [-0.39, 0.29) is 24.6 Å². The molecule has 0 bridgehead atoms. The molecule has 5 nitrogen and oxygen atoms in total. The van der Waals surface area contributed by atoms with E-state index in [9.17, 15) is 0 Å². The van der Waals surface area contributed by atoms with Gasteiger partial charge in [-0.2, -0.15) is 0 Å². The molecule has 2 aliphatic heterocycles. The maximum Gasteiger partial charge on any atom is 0.168 e. The largest absolute Gasteiger partial charge is 0.490 e. The van der Waals surface area contributed by atoms with Crippen LogP contribution in [0.4, 0.5) is 0 Å². The van der Waals surface area contributed by atoms with Gasteiger partial charge < -0.3 is 23.7 Å². The van der Waals surface area contributed by atoms with Crippen molar-refractivity contribution < 1.29 is 23.7 Å². The second kappa shape index (κ2) is 6.75. The molecule has 0 aromatic rings. The van der Waals surface area contributed by atoms with E-state index in [1.54, 1.807) is 0 Å². The first kappa shape index (κ1) is 16.2. The number of fused-ring (bicyclic) bond motifs is 1. The summed E-state index contributed by atoms with van der Waals surface area (Å²) in [6, 6.07) is 0. The van der Waals surface area contributed by atoms with E-state index in [0.717, 1.165) is 5.76 Å². The molecule has 20 heavy (non-hydrogen) atoms. The van der Waals surface area contributed by atoms with Crippen LogP contribution in [0, 0.1) is 0 Å². The highest BCUT2D eigenvalue weighted by atomic mass is 79.9. The van der Waals surface area contributed by atoms with E-state index in [1.807, 2.05) is 33.8 Å². The fourth-order valence-corrected chi connectivity index (χ4v) is 2.74. The van der Waals surface area contributed by atoms with Crippen molar-refractivity contribution in [1.82, 2.24) is 0 Å². The van der Waals surface area contributed by atoms with Crippen molar-refractivity contribution in [3.8, 4) is 0 Å². The summed E-state index contributed by atoms with van der Waals surface area (Å²) >= 11 is 3.40. The van der Waals surface area contributed by atoms with Crippen molar-refractivity contribution in [2.45, 2.75) is 58.1 Å². The maximum absolute atomic E-state index is 6.01. The smallest absolute Gasteiger partial charge is 0.168 e. The van der Waals surface area contributed by atoms with Gasteiger partial charge in [-0.25, -0.2) is 0 Å². The third-order valence-corrected chi connectivity index (χ3v) is 3.76. The van der Waals surface area contributed by atoms with Gasteiger partial charge >= 0.3 is 0 Å². The normalized spacial score (nSPS) is 33.9. The zero-order chi connectivity index (χ0) is 14.8. The van der Waals surface area contributed by atoms with E-state index in [2.05, 4.69) is 15.9 Å². The Kier molecular flexibility index (Phi) is 5.48. The van der Waals surface area contributed by atoms with Gasteiger partial charge in [0.1, 0.15) is 12.2 Å². The number of halogens is 1. The van der Waals surface area contributed by atoms with Crippen LogP contribution in [0.25, 0.3) is 0 Å². The van der Waals surface area contributed by atoms with Crippen LogP contribution in [0.15, 0.2) is 11.8 Å². The standard InChI is InChI=1S/C14H23BrO5/c1-5-16-12(7-15)19-10-6-9(2)18-11-8-17-14(3,4)20-13(10)11/h6,10-13H,5,7-8H2,1-4H3/t10-,11-,12?,13+/m1/s1. The lowest BCUT2D eigenvalue weighted by Crippen LogP contribution is -2.56. The van der Waals surface area contributed by atoms with E-state index < -0.39 is 5.79 Å². The first-order valence-corrected chi connectivity index (χ1v) is 8.07. The van der Waals surface area contributed by atoms with Crippen LogP contribution in [0.2, 0.25) is 0 Å². The summed E-state index contributed by atoms with van der Waals surface area (Å²) < 4.78 is 28.9. The number of alkyl halides is 1. The molecule has 2 heterocycles. The summed E-state index contributed by atoms with van der Waals surface area (Å²) in [5.41, 5.74) is 0. The van der Waals surface area contributed by atoms with Gasteiger partial charge in [0.25, 0.3) is 0 Å². The Labute approximate surface area is 128 Å². The molecule has 0 aliphatic carbocycles. The molecule has 0 radical (unpaired) electrons. The zero-order valence-electron chi connectivity index (χ0n) is 12.4. The van der Waals surface area contributed by atoms with Gasteiger partial charge in [-0.15, -0.1) is 0 Å². The molecule has 1 fully saturated rings. The number of allylic oxidation sites excluding steroid dienone is 1. The van der Waals surface area contributed by atoms with Gasteiger partial charge in [-0.3, -0.25) is 0 Å². The molecule has 2 rings (SSSR count). The Morgan fingerprint density at radius 3 is 2.90 bits per heavy atom. The Bertz CT molecular complexity index is 357. The van der Waals surface area contributed by atoms with Crippen LogP contribution in [0.1, 0.15) is 27.7 Å². The molecule has 1 unspecified atom stereocenters. The Morgan fingerprint density at radius 2 is 2.25 bits per heavy atom. The topological polar surface area (TPSA) is 46.2 Å². The first-order valence-electron chi connectivity index (χ1n) is 6.95. The molecule has 0 amide bonds. The molecule has 6 heteroatoms. The van der Waals surface area contributed by atoms with Crippen LogP contribution in [-0.4, -0.2) is 48.9 Å². The van der Waals surface area contributed by atoms with Crippen molar-refractivity contribution >= 4 is 15.9 Å². The minimum absolute atomic E-state index is 0.143. The lowest BCUT2D eigenvalue weighted by atomic mass is 10.0. The number of hydrogen-bond donors (Lipinski definition) is 0. The van der Waals surface area contributed by atoms with E-state index >= 15 is 0 Å². The number of ether oxygens (including phenoxy) is 5. The van der Waals surface area contributed by atoms with E-state index in [0.29, 0.717) is 18.5 Å². The third kappa shape index (κ3) is 3.95. The number of hydrogen-bond acceptors (Lipinski definition) is 5. The fourth-order valence-electron chi connectivity index (χ4n) is 2.40. The van der Waals surface area contributed by atoms with Crippen molar-refractivity contribution in [2.24, 2.45) is 0 Å². The predicted octanol–water partition coefficient (Wildman–Crippen LogP) is 2.58. The maximum atomic E-state index is 6.01. The fraction of sp³-hybridized carbons (Fsp3) is 0.857. The predicted molar refractivity (Wildman–Crippen MR) is 77.6 cm³/mol. The lowest BCUT2D eigenvalue weighted by molar-refractivity contribution is -0.330. The first-order chi connectivity index (χ1) is 9.45. The average molecular weight is 351 g/mol.